The van der Waals surface area contributed by atoms with Gasteiger partial charge in [-0.05, 0) is 11.1 Å². The molecular weight excluding hydrogens is 298 g/mol. The standard InChI is InChI=1S/C17H17NO3S/c1-13(19)21-18-17(12-22(2)20)16-10-8-15(9-11-16)14-6-4-3-5-7-14/h3-11H,12H2,1-2H3/b18-17+. The van der Waals surface area contributed by atoms with Crippen LogP contribution >= 0.6 is 0 Å². The van der Waals surface area contributed by atoms with Gasteiger partial charge in [-0.2, -0.15) is 0 Å². The lowest BCUT2D eigenvalue weighted by atomic mass is 10.0. The van der Waals surface area contributed by atoms with Crippen molar-refractivity contribution in [3.63, 3.8) is 0 Å². The minimum Gasteiger partial charge on any atom is -0.318 e. The molecule has 0 aliphatic heterocycles. The van der Waals surface area contributed by atoms with Gasteiger partial charge in [-0.15, -0.1) is 0 Å². The van der Waals surface area contributed by atoms with E-state index >= 15 is 0 Å². The number of nitrogens with zero attached hydrogens (tertiary/aromatic N) is 1. The third-order valence-corrected chi connectivity index (χ3v) is 3.63. The van der Waals surface area contributed by atoms with Crippen molar-refractivity contribution in [1.29, 1.82) is 0 Å². The maximum atomic E-state index is 11.5. The summed E-state index contributed by atoms with van der Waals surface area (Å²) < 4.78 is 11.5. The van der Waals surface area contributed by atoms with Crippen LogP contribution in [-0.2, 0) is 20.4 Å². The van der Waals surface area contributed by atoms with Crippen LogP contribution in [0.2, 0.25) is 0 Å². The van der Waals surface area contributed by atoms with Gasteiger partial charge in [0.05, 0.1) is 5.75 Å². The molecule has 22 heavy (non-hydrogen) atoms. The first-order valence-corrected chi connectivity index (χ1v) is 8.49. The van der Waals surface area contributed by atoms with Gasteiger partial charge in [0.2, 0.25) is 0 Å². The second-order valence-electron chi connectivity index (χ2n) is 4.78. The Kier molecular flexibility index (Phi) is 5.61. The van der Waals surface area contributed by atoms with E-state index in [1.165, 1.54) is 6.92 Å². The summed E-state index contributed by atoms with van der Waals surface area (Å²) in [6.45, 7) is 1.28. The first-order valence-electron chi connectivity index (χ1n) is 6.76. The fraction of sp³-hybridized carbons (Fsp3) is 0.176. The summed E-state index contributed by atoms with van der Waals surface area (Å²) in [4.78, 5) is 15.6. The minimum absolute atomic E-state index is 0.234. The molecule has 0 radical (unpaired) electrons. The number of benzene rings is 2. The summed E-state index contributed by atoms with van der Waals surface area (Å²) >= 11 is 0. The van der Waals surface area contributed by atoms with Gasteiger partial charge in [0.25, 0.3) is 0 Å². The summed E-state index contributed by atoms with van der Waals surface area (Å²) in [5, 5.41) is 3.81. The Morgan fingerprint density at radius 3 is 2.18 bits per heavy atom. The normalized spacial score (nSPS) is 12.7. The third-order valence-electron chi connectivity index (χ3n) is 2.95. The van der Waals surface area contributed by atoms with Crippen LogP contribution in [0.25, 0.3) is 11.1 Å². The largest absolute Gasteiger partial charge is 0.331 e. The molecule has 0 saturated carbocycles. The Labute approximate surface area is 132 Å². The molecule has 0 amide bonds. The smallest absolute Gasteiger partial charge is 0.318 e. The molecule has 0 heterocycles. The van der Waals surface area contributed by atoms with Crippen LogP contribution in [0.4, 0.5) is 0 Å². The van der Waals surface area contributed by atoms with Gasteiger partial charge in [-0.3, -0.25) is 4.21 Å². The van der Waals surface area contributed by atoms with Gasteiger partial charge < -0.3 is 4.84 Å². The second-order valence-corrected chi connectivity index (χ2v) is 6.22. The van der Waals surface area contributed by atoms with Crippen molar-refractivity contribution in [2.45, 2.75) is 6.92 Å². The molecule has 0 aliphatic rings. The highest BCUT2D eigenvalue weighted by atomic mass is 32.2. The predicted molar refractivity (Wildman–Crippen MR) is 89.1 cm³/mol. The van der Waals surface area contributed by atoms with E-state index in [2.05, 4.69) is 9.99 Å². The van der Waals surface area contributed by atoms with Gasteiger partial charge in [0.15, 0.2) is 0 Å². The highest BCUT2D eigenvalue weighted by molar-refractivity contribution is 7.85. The van der Waals surface area contributed by atoms with Gasteiger partial charge in [0.1, 0.15) is 5.71 Å². The first-order chi connectivity index (χ1) is 10.6. The Morgan fingerprint density at radius 1 is 1.05 bits per heavy atom. The molecule has 4 nitrogen and oxygen atoms in total. The summed E-state index contributed by atoms with van der Waals surface area (Å²) in [6, 6.07) is 17.7. The Hall–Kier alpha value is -2.27. The van der Waals surface area contributed by atoms with Crippen molar-refractivity contribution >= 4 is 22.5 Å². The monoisotopic (exact) mass is 315 g/mol. The highest BCUT2D eigenvalue weighted by Crippen LogP contribution is 2.19. The molecule has 0 aromatic heterocycles. The van der Waals surface area contributed by atoms with Crippen LogP contribution in [0.5, 0.6) is 0 Å². The van der Waals surface area contributed by atoms with Crippen molar-refractivity contribution in [2.75, 3.05) is 12.0 Å². The lowest BCUT2D eigenvalue weighted by Crippen LogP contribution is -2.12. The average Bonchev–Trinajstić information content (AvgIpc) is 2.52. The Balaban J connectivity index is 2.27. The third kappa shape index (κ3) is 4.63. The molecule has 2 aromatic rings. The number of hydrogen-bond donors (Lipinski definition) is 0. The molecular formula is C17H17NO3S. The quantitative estimate of drug-likeness (QED) is 0.484. The molecule has 0 bridgehead atoms. The first kappa shape index (κ1) is 16.1. The summed E-state index contributed by atoms with van der Waals surface area (Å²) in [7, 11) is -1.07. The summed E-state index contributed by atoms with van der Waals surface area (Å²) in [5.41, 5.74) is 3.48. The van der Waals surface area contributed by atoms with Crippen molar-refractivity contribution in [2.24, 2.45) is 5.16 Å². The van der Waals surface area contributed by atoms with Crippen LogP contribution in [0.15, 0.2) is 59.8 Å². The predicted octanol–water partition coefficient (Wildman–Crippen LogP) is 3.00. The van der Waals surface area contributed by atoms with Crippen LogP contribution in [0, 0.1) is 0 Å². The summed E-state index contributed by atoms with van der Waals surface area (Å²) in [5.74, 6) is -0.266. The number of oxime groups is 1. The van der Waals surface area contributed by atoms with Gasteiger partial charge in [-0.25, -0.2) is 4.79 Å². The molecule has 0 spiro atoms. The molecule has 0 N–H and O–H groups in total. The molecule has 0 fully saturated rings. The maximum absolute atomic E-state index is 11.5. The molecule has 2 rings (SSSR count). The zero-order valence-electron chi connectivity index (χ0n) is 12.5. The van der Waals surface area contributed by atoms with Gasteiger partial charge in [-0.1, -0.05) is 59.8 Å². The zero-order valence-corrected chi connectivity index (χ0v) is 13.3. The van der Waals surface area contributed by atoms with Gasteiger partial charge in [0, 0.05) is 29.5 Å². The fourth-order valence-electron chi connectivity index (χ4n) is 1.96. The number of carbonyl (C=O) groups excluding carboxylic acids is 1. The summed E-state index contributed by atoms with van der Waals surface area (Å²) in [6.07, 6.45) is 1.58. The van der Waals surface area contributed by atoms with Crippen molar-refractivity contribution < 1.29 is 13.8 Å². The van der Waals surface area contributed by atoms with Crippen molar-refractivity contribution in [1.82, 2.24) is 0 Å². The van der Waals surface area contributed by atoms with Crippen LogP contribution in [0.1, 0.15) is 12.5 Å². The molecule has 2 aromatic carbocycles. The van der Waals surface area contributed by atoms with Crippen LogP contribution in [0.3, 0.4) is 0 Å². The van der Waals surface area contributed by atoms with E-state index in [9.17, 15) is 9.00 Å². The molecule has 0 saturated heterocycles. The highest BCUT2D eigenvalue weighted by Gasteiger charge is 2.08. The van der Waals surface area contributed by atoms with E-state index in [0.29, 0.717) is 5.71 Å². The van der Waals surface area contributed by atoms with E-state index in [1.54, 1.807) is 6.26 Å². The van der Waals surface area contributed by atoms with E-state index < -0.39 is 16.8 Å². The van der Waals surface area contributed by atoms with E-state index in [4.69, 9.17) is 0 Å². The topological polar surface area (TPSA) is 55.7 Å². The Morgan fingerprint density at radius 2 is 1.64 bits per heavy atom. The molecule has 1 atom stereocenters. The van der Waals surface area contributed by atoms with Crippen LogP contribution < -0.4 is 0 Å². The Bertz CT molecular complexity index is 694. The number of carbonyl (C=O) groups is 1. The molecule has 114 valence electrons. The van der Waals surface area contributed by atoms with E-state index in [-0.39, 0.29) is 5.75 Å². The van der Waals surface area contributed by atoms with Crippen LogP contribution in [-0.4, -0.2) is 27.9 Å². The fourth-order valence-corrected chi connectivity index (χ4v) is 2.56. The molecule has 0 aliphatic carbocycles. The number of hydrogen-bond acceptors (Lipinski definition) is 4. The van der Waals surface area contributed by atoms with Gasteiger partial charge >= 0.3 is 5.97 Å². The SMILES string of the molecule is CC(=O)O/N=C(\CS(C)=O)c1ccc(-c2ccccc2)cc1. The van der Waals surface area contributed by atoms with E-state index in [1.807, 2.05) is 54.6 Å². The lowest BCUT2D eigenvalue weighted by molar-refractivity contribution is -0.140. The minimum atomic E-state index is -1.07. The van der Waals surface area contributed by atoms with Crippen molar-refractivity contribution in [3.8, 4) is 11.1 Å². The zero-order chi connectivity index (χ0) is 15.9. The maximum Gasteiger partial charge on any atom is 0.331 e. The molecule has 1 unspecified atom stereocenters. The van der Waals surface area contributed by atoms with E-state index in [0.717, 1.165) is 16.7 Å². The number of rotatable bonds is 5. The second kappa shape index (κ2) is 7.66. The average molecular weight is 315 g/mol. The van der Waals surface area contributed by atoms with Crippen molar-refractivity contribution in [3.05, 3.63) is 60.2 Å². The molecule has 5 heteroatoms. The lowest BCUT2D eigenvalue weighted by Gasteiger charge is -2.06.